The minimum atomic E-state index is -4.20. The summed E-state index contributed by atoms with van der Waals surface area (Å²) in [7, 11) is -4.20. The zero-order chi connectivity index (χ0) is 12.2. The van der Waals surface area contributed by atoms with Crippen molar-refractivity contribution in [2.45, 2.75) is 6.42 Å². The van der Waals surface area contributed by atoms with E-state index in [-0.39, 0.29) is 18.7 Å². The SMILES string of the molecule is O=[N+]([O-])c1cccc(CCNS(=O)(=O)O)c1. The Kier molecular flexibility index (Phi) is 3.93. The molecule has 0 aliphatic carbocycles. The summed E-state index contributed by atoms with van der Waals surface area (Å²) in [4.78, 5) is 9.91. The highest BCUT2D eigenvalue weighted by Crippen LogP contribution is 2.13. The average molecular weight is 246 g/mol. The molecular weight excluding hydrogens is 236 g/mol. The van der Waals surface area contributed by atoms with Crippen LogP contribution in [0.5, 0.6) is 0 Å². The Bertz CT molecular complexity index is 485. The predicted molar refractivity (Wildman–Crippen MR) is 56.4 cm³/mol. The van der Waals surface area contributed by atoms with Crippen LogP contribution in [0.3, 0.4) is 0 Å². The molecule has 0 aliphatic rings. The molecule has 0 heterocycles. The normalized spacial score (nSPS) is 11.3. The second kappa shape index (κ2) is 5.01. The molecule has 8 heteroatoms. The van der Waals surface area contributed by atoms with Gasteiger partial charge >= 0.3 is 10.3 Å². The Hall–Kier alpha value is -1.51. The second-order valence-electron chi connectivity index (χ2n) is 3.05. The highest BCUT2D eigenvalue weighted by atomic mass is 32.2. The molecule has 0 bridgehead atoms. The van der Waals surface area contributed by atoms with Crippen molar-refractivity contribution in [1.29, 1.82) is 0 Å². The fourth-order valence-electron chi connectivity index (χ4n) is 1.15. The fraction of sp³-hybridized carbons (Fsp3) is 0.250. The third kappa shape index (κ3) is 4.34. The Morgan fingerprint density at radius 2 is 2.12 bits per heavy atom. The van der Waals surface area contributed by atoms with E-state index in [0.29, 0.717) is 5.56 Å². The molecule has 2 N–H and O–H groups in total. The lowest BCUT2D eigenvalue weighted by Crippen LogP contribution is -2.24. The standard InChI is InChI=1S/C8H10N2O5S/c11-10(12)8-3-1-2-7(6-8)4-5-9-16(13,14)15/h1-3,6,9H,4-5H2,(H,13,14,15). The molecule has 16 heavy (non-hydrogen) atoms. The van der Waals surface area contributed by atoms with E-state index in [0.717, 1.165) is 0 Å². The molecule has 0 saturated carbocycles. The Balaban J connectivity index is 2.61. The van der Waals surface area contributed by atoms with E-state index in [1.54, 1.807) is 6.07 Å². The molecular formula is C8H10N2O5S. The van der Waals surface area contributed by atoms with E-state index in [1.165, 1.54) is 18.2 Å². The Morgan fingerprint density at radius 1 is 1.44 bits per heavy atom. The van der Waals surface area contributed by atoms with Gasteiger partial charge in [-0.3, -0.25) is 14.7 Å². The van der Waals surface area contributed by atoms with Crippen molar-refractivity contribution in [3.05, 3.63) is 39.9 Å². The number of nitro benzene ring substituents is 1. The lowest BCUT2D eigenvalue weighted by Gasteiger charge is -2.01. The van der Waals surface area contributed by atoms with E-state index in [2.05, 4.69) is 0 Å². The lowest BCUT2D eigenvalue weighted by atomic mass is 10.1. The highest BCUT2D eigenvalue weighted by molar-refractivity contribution is 7.83. The topological polar surface area (TPSA) is 110 Å². The number of nitrogens with one attached hydrogen (secondary N) is 1. The summed E-state index contributed by atoms with van der Waals surface area (Å²) in [5.41, 5.74) is 0.565. The summed E-state index contributed by atoms with van der Waals surface area (Å²) in [6.07, 6.45) is 0.265. The monoisotopic (exact) mass is 246 g/mol. The summed E-state index contributed by atoms with van der Waals surface area (Å²) in [5, 5.41) is 10.4. The number of nitro groups is 1. The smallest absolute Gasteiger partial charge is 0.273 e. The molecule has 0 aromatic heterocycles. The van der Waals surface area contributed by atoms with Gasteiger partial charge in [0.15, 0.2) is 0 Å². The van der Waals surface area contributed by atoms with Crippen LogP contribution in [0.15, 0.2) is 24.3 Å². The van der Waals surface area contributed by atoms with E-state index < -0.39 is 15.2 Å². The number of hydrogen-bond acceptors (Lipinski definition) is 4. The van der Waals surface area contributed by atoms with E-state index >= 15 is 0 Å². The van der Waals surface area contributed by atoms with Crippen LogP contribution >= 0.6 is 0 Å². The zero-order valence-electron chi connectivity index (χ0n) is 8.16. The van der Waals surface area contributed by atoms with Crippen LogP contribution in [0, 0.1) is 10.1 Å². The van der Waals surface area contributed by atoms with Gasteiger partial charge in [0.1, 0.15) is 0 Å². The van der Waals surface area contributed by atoms with Crippen LogP contribution in [0.1, 0.15) is 5.56 Å². The molecule has 7 nitrogen and oxygen atoms in total. The minimum Gasteiger partial charge on any atom is -0.273 e. The van der Waals surface area contributed by atoms with Gasteiger partial charge in [-0.2, -0.15) is 13.1 Å². The molecule has 1 aromatic carbocycles. The second-order valence-corrected chi connectivity index (χ2v) is 4.29. The zero-order valence-corrected chi connectivity index (χ0v) is 8.98. The van der Waals surface area contributed by atoms with E-state index in [4.69, 9.17) is 4.55 Å². The van der Waals surface area contributed by atoms with Crippen LogP contribution < -0.4 is 4.72 Å². The first kappa shape index (κ1) is 12.6. The van der Waals surface area contributed by atoms with E-state index in [1.807, 2.05) is 4.72 Å². The Morgan fingerprint density at radius 3 is 2.69 bits per heavy atom. The van der Waals surface area contributed by atoms with Crippen molar-refractivity contribution in [2.24, 2.45) is 0 Å². The first-order chi connectivity index (χ1) is 7.38. The fourth-order valence-corrected chi connectivity index (χ4v) is 1.51. The van der Waals surface area contributed by atoms with Crippen LogP contribution in [0.4, 0.5) is 5.69 Å². The molecule has 0 unspecified atom stereocenters. The maximum Gasteiger partial charge on any atom is 0.333 e. The maximum atomic E-state index is 10.4. The highest BCUT2D eigenvalue weighted by Gasteiger charge is 2.06. The third-order valence-corrected chi connectivity index (χ3v) is 2.39. The molecule has 0 saturated heterocycles. The van der Waals surface area contributed by atoms with Crippen LogP contribution in [0.25, 0.3) is 0 Å². The van der Waals surface area contributed by atoms with Crippen molar-refractivity contribution in [3.63, 3.8) is 0 Å². The lowest BCUT2D eigenvalue weighted by molar-refractivity contribution is -0.384. The van der Waals surface area contributed by atoms with Crippen molar-refractivity contribution in [3.8, 4) is 0 Å². The number of rotatable bonds is 5. The average Bonchev–Trinajstić information content (AvgIpc) is 2.16. The van der Waals surface area contributed by atoms with Crippen molar-refractivity contribution in [1.82, 2.24) is 4.72 Å². The van der Waals surface area contributed by atoms with Gasteiger partial charge in [0.2, 0.25) is 0 Å². The number of non-ortho nitro benzene ring substituents is 1. The number of benzene rings is 1. The molecule has 1 rings (SSSR count). The van der Waals surface area contributed by atoms with Gasteiger partial charge in [-0.15, -0.1) is 0 Å². The predicted octanol–water partition coefficient (Wildman–Crippen LogP) is 0.530. The first-order valence-corrected chi connectivity index (χ1v) is 5.78. The molecule has 0 amide bonds. The van der Waals surface area contributed by atoms with Gasteiger partial charge in [0.25, 0.3) is 5.69 Å². The van der Waals surface area contributed by atoms with Crippen LogP contribution in [0.2, 0.25) is 0 Å². The van der Waals surface area contributed by atoms with Crippen LogP contribution in [-0.4, -0.2) is 24.4 Å². The molecule has 1 aromatic rings. The van der Waals surface area contributed by atoms with Gasteiger partial charge < -0.3 is 0 Å². The number of hydrogen-bond donors (Lipinski definition) is 2. The molecule has 88 valence electrons. The Labute approximate surface area is 92.1 Å². The third-order valence-electron chi connectivity index (χ3n) is 1.82. The molecule has 0 atom stereocenters. The maximum absolute atomic E-state index is 10.4. The van der Waals surface area contributed by atoms with E-state index in [9.17, 15) is 18.5 Å². The van der Waals surface area contributed by atoms with Gasteiger partial charge in [0.05, 0.1) is 4.92 Å². The summed E-state index contributed by atoms with van der Waals surface area (Å²) in [6, 6.07) is 5.85. The van der Waals surface area contributed by atoms with Gasteiger partial charge in [-0.05, 0) is 12.0 Å². The van der Waals surface area contributed by atoms with Crippen molar-refractivity contribution < 1.29 is 17.9 Å². The molecule has 0 spiro atoms. The quantitative estimate of drug-likeness (QED) is 0.447. The summed E-state index contributed by atoms with van der Waals surface area (Å²) in [6.45, 7) is -0.0139. The summed E-state index contributed by atoms with van der Waals surface area (Å²) < 4.78 is 30.9. The molecule has 0 radical (unpaired) electrons. The summed E-state index contributed by atoms with van der Waals surface area (Å²) >= 11 is 0. The van der Waals surface area contributed by atoms with Gasteiger partial charge in [-0.25, -0.2) is 0 Å². The minimum absolute atomic E-state index is 0.0139. The van der Waals surface area contributed by atoms with Crippen molar-refractivity contribution in [2.75, 3.05) is 6.54 Å². The molecule has 0 fully saturated rings. The van der Waals surface area contributed by atoms with Crippen LogP contribution in [-0.2, 0) is 16.7 Å². The van der Waals surface area contributed by atoms with Gasteiger partial charge in [-0.1, -0.05) is 12.1 Å². The van der Waals surface area contributed by atoms with Crippen molar-refractivity contribution >= 4 is 16.0 Å². The molecule has 0 aliphatic heterocycles. The first-order valence-electron chi connectivity index (χ1n) is 4.34. The number of nitrogens with zero attached hydrogens (tertiary/aromatic N) is 1. The van der Waals surface area contributed by atoms with Gasteiger partial charge in [0, 0.05) is 18.7 Å². The largest absolute Gasteiger partial charge is 0.333 e. The summed E-state index contributed by atoms with van der Waals surface area (Å²) in [5.74, 6) is 0.